The van der Waals surface area contributed by atoms with Crippen LogP contribution in [0, 0.1) is 6.92 Å². The molecule has 1 aromatic carbocycles. The molecule has 27 heavy (non-hydrogen) atoms. The van der Waals surface area contributed by atoms with Crippen molar-refractivity contribution in [2.24, 2.45) is 0 Å². The van der Waals surface area contributed by atoms with Crippen LogP contribution in [0.2, 0.25) is 0 Å². The van der Waals surface area contributed by atoms with Crippen molar-refractivity contribution in [1.82, 2.24) is 19.9 Å². The van der Waals surface area contributed by atoms with Gasteiger partial charge in [0.2, 0.25) is 0 Å². The van der Waals surface area contributed by atoms with Crippen molar-refractivity contribution in [3.63, 3.8) is 0 Å². The monoisotopic (exact) mass is 362 g/mol. The van der Waals surface area contributed by atoms with Gasteiger partial charge in [0.25, 0.3) is 5.91 Å². The number of hydrogen-bond donors (Lipinski definition) is 0. The lowest BCUT2D eigenvalue weighted by Gasteiger charge is -2.27. The predicted molar refractivity (Wildman–Crippen MR) is 103 cm³/mol. The Morgan fingerprint density at radius 2 is 1.85 bits per heavy atom. The Labute approximate surface area is 158 Å². The number of carbonyl (C=O) groups is 1. The Morgan fingerprint density at radius 1 is 1.11 bits per heavy atom. The maximum absolute atomic E-state index is 13.3. The number of nitrogens with zero attached hydrogens (tertiary/aromatic N) is 4. The molecule has 1 atom stereocenters. The summed E-state index contributed by atoms with van der Waals surface area (Å²) in [5.41, 5.74) is 2.72. The molecule has 0 aliphatic carbocycles. The van der Waals surface area contributed by atoms with E-state index in [0.29, 0.717) is 23.7 Å². The molecule has 6 nitrogen and oxygen atoms in total. The number of benzene rings is 1. The summed E-state index contributed by atoms with van der Waals surface area (Å²) in [6, 6.07) is 15.0. The van der Waals surface area contributed by atoms with E-state index in [9.17, 15) is 4.79 Å². The van der Waals surface area contributed by atoms with E-state index in [1.54, 1.807) is 31.5 Å². The van der Waals surface area contributed by atoms with Gasteiger partial charge in [-0.15, -0.1) is 0 Å². The summed E-state index contributed by atoms with van der Waals surface area (Å²) in [6.07, 6.45) is 3.30. The summed E-state index contributed by atoms with van der Waals surface area (Å²) in [6.45, 7) is 2.15. The van der Waals surface area contributed by atoms with Gasteiger partial charge in [-0.05, 0) is 19.1 Å². The van der Waals surface area contributed by atoms with Crippen molar-refractivity contribution >= 4 is 5.91 Å². The van der Waals surface area contributed by atoms with E-state index in [1.165, 1.54) is 0 Å². The fraction of sp³-hybridized carbons (Fsp3) is 0.238. The first-order valence-electron chi connectivity index (χ1n) is 8.68. The molecule has 6 heteroatoms. The molecule has 3 aromatic rings. The molecule has 2 aromatic heterocycles. The van der Waals surface area contributed by atoms with E-state index in [1.807, 2.05) is 55.5 Å². The van der Waals surface area contributed by atoms with E-state index in [4.69, 9.17) is 4.74 Å². The average molecular weight is 362 g/mol. The molecule has 0 saturated carbocycles. The molecule has 0 saturated heterocycles. The standard InChI is InChI=1S/C21H22N4O2/c1-15-23-13-17(20(24-15)16-9-5-4-6-10-16)21(26)25(2)19(14-27-3)18-11-7-8-12-22-18/h4-13,19H,14H2,1-3H3/t19-/m0/s1. The summed E-state index contributed by atoms with van der Waals surface area (Å²) in [5, 5.41) is 0. The first-order valence-corrected chi connectivity index (χ1v) is 8.68. The van der Waals surface area contributed by atoms with Crippen LogP contribution in [0.3, 0.4) is 0 Å². The minimum absolute atomic E-state index is 0.179. The molecule has 1 amide bonds. The van der Waals surface area contributed by atoms with Crippen LogP contribution in [0.25, 0.3) is 11.3 Å². The van der Waals surface area contributed by atoms with Crippen LogP contribution in [0.5, 0.6) is 0 Å². The van der Waals surface area contributed by atoms with Crippen molar-refractivity contribution in [3.8, 4) is 11.3 Å². The molecular formula is C21H22N4O2. The summed E-state index contributed by atoms with van der Waals surface area (Å²) < 4.78 is 5.33. The number of hydrogen-bond acceptors (Lipinski definition) is 5. The zero-order valence-corrected chi connectivity index (χ0v) is 15.7. The second-order valence-electron chi connectivity index (χ2n) is 6.19. The number of aromatic nitrogens is 3. The summed E-state index contributed by atoms with van der Waals surface area (Å²) >= 11 is 0. The van der Waals surface area contributed by atoms with Crippen molar-refractivity contribution < 1.29 is 9.53 Å². The van der Waals surface area contributed by atoms with E-state index >= 15 is 0 Å². The third-order valence-electron chi connectivity index (χ3n) is 4.33. The molecule has 2 heterocycles. The molecule has 0 unspecified atom stereocenters. The lowest BCUT2D eigenvalue weighted by molar-refractivity contribution is 0.0595. The first-order chi connectivity index (χ1) is 13.1. The van der Waals surface area contributed by atoms with E-state index in [0.717, 1.165) is 11.3 Å². The van der Waals surface area contributed by atoms with Gasteiger partial charge < -0.3 is 9.64 Å². The van der Waals surface area contributed by atoms with Crippen LogP contribution < -0.4 is 0 Å². The van der Waals surface area contributed by atoms with E-state index in [-0.39, 0.29) is 11.9 Å². The van der Waals surface area contributed by atoms with Crippen LogP contribution in [-0.2, 0) is 4.74 Å². The number of amides is 1. The zero-order valence-electron chi connectivity index (χ0n) is 15.7. The van der Waals surface area contributed by atoms with Crippen LogP contribution in [0.4, 0.5) is 0 Å². The summed E-state index contributed by atoms with van der Waals surface area (Å²) in [5.74, 6) is 0.438. The van der Waals surface area contributed by atoms with Crippen LogP contribution in [0.1, 0.15) is 27.9 Å². The first kappa shape index (κ1) is 18.7. The number of carbonyl (C=O) groups excluding carboxylic acids is 1. The van der Waals surface area contributed by atoms with Gasteiger partial charge in [0.15, 0.2) is 0 Å². The molecule has 138 valence electrons. The molecular weight excluding hydrogens is 340 g/mol. The maximum Gasteiger partial charge on any atom is 0.258 e. The Bertz CT molecular complexity index is 901. The Morgan fingerprint density at radius 3 is 2.52 bits per heavy atom. The van der Waals surface area contributed by atoms with Gasteiger partial charge >= 0.3 is 0 Å². The highest BCUT2D eigenvalue weighted by Gasteiger charge is 2.26. The number of pyridine rings is 1. The van der Waals surface area contributed by atoms with Gasteiger partial charge in [-0.3, -0.25) is 9.78 Å². The minimum Gasteiger partial charge on any atom is -0.382 e. The molecule has 0 spiro atoms. The lowest BCUT2D eigenvalue weighted by Crippen LogP contribution is -2.34. The summed E-state index contributed by atoms with van der Waals surface area (Å²) in [4.78, 5) is 28.1. The number of ether oxygens (including phenoxy) is 1. The topological polar surface area (TPSA) is 68.2 Å². The fourth-order valence-electron chi connectivity index (χ4n) is 2.90. The van der Waals surface area contributed by atoms with Crippen LogP contribution >= 0.6 is 0 Å². The van der Waals surface area contributed by atoms with Crippen molar-refractivity contribution in [2.75, 3.05) is 20.8 Å². The molecule has 0 aliphatic heterocycles. The molecule has 0 bridgehead atoms. The Balaban J connectivity index is 1.99. The van der Waals surface area contributed by atoms with Crippen LogP contribution in [0.15, 0.2) is 60.9 Å². The van der Waals surface area contributed by atoms with Gasteiger partial charge in [-0.1, -0.05) is 36.4 Å². The van der Waals surface area contributed by atoms with Gasteiger partial charge in [0, 0.05) is 32.1 Å². The fourth-order valence-corrected chi connectivity index (χ4v) is 2.90. The summed E-state index contributed by atoms with van der Waals surface area (Å²) in [7, 11) is 3.36. The molecule has 0 fully saturated rings. The number of likely N-dealkylation sites (N-methyl/N-ethyl adjacent to an activating group) is 1. The average Bonchev–Trinajstić information content (AvgIpc) is 2.72. The largest absolute Gasteiger partial charge is 0.382 e. The number of rotatable bonds is 6. The second-order valence-corrected chi connectivity index (χ2v) is 6.19. The molecule has 0 radical (unpaired) electrons. The molecule has 3 rings (SSSR count). The van der Waals surface area contributed by atoms with Crippen LogP contribution in [-0.4, -0.2) is 46.5 Å². The quantitative estimate of drug-likeness (QED) is 0.673. The van der Waals surface area contributed by atoms with Gasteiger partial charge in [-0.25, -0.2) is 9.97 Å². The third kappa shape index (κ3) is 4.17. The highest BCUT2D eigenvalue weighted by atomic mass is 16.5. The highest BCUT2D eigenvalue weighted by Crippen LogP contribution is 2.25. The van der Waals surface area contributed by atoms with E-state index < -0.39 is 0 Å². The molecule has 0 aliphatic rings. The Hall–Kier alpha value is -3.12. The highest BCUT2D eigenvalue weighted by molar-refractivity contribution is 5.99. The minimum atomic E-state index is -0.311. The number of methoxy groups -OCH3 is 1. The predicted octanol–water partition coefficient (Wildman–Crippen LogP) is 3.31. The SMILES string of the molecule is COC[C@@H](c1ccccn1)N(C)C(=O)c1cnc(C)nc1-c1ccccc1. The van der Waals surface area contributed by atoms with E-state index in [2.05, 4.69) is 15.0 Å². The normalized spacial score (nSPS) is 11.8. The van der Waals surface area contributed by atoms with Gasteiger partial charge in [0.1, 0.15) is 5.82 Å². The second kappa shape index (κ2) is 8.51. The maximum atomic E-state index is 13.3. The van der Waals surface area contributed by atoms with Crippen molar-refractivity contribution in [2.45, 2.75) is 13.0 Å². The zero-order chi connectivity index (χ0) is 19.2. The smallest absolute Gasteiger partial charge is 0.258 e. The Kier molecular flexibility index (Phi) is 5.88. The third-order valence-corrected chi connectivity index (χ3v) is 4.33. The van der Waals surface area contributed by atoms with Gasteiger partial charge in [0.05, 0.1) is 29.6 Å². The van der Waals surface area contributed by atoms with Crippen molar-refractivity contribution in [1.29, 1.82) is 0 Å². The van der Waals surface area contributed by atoms with Crippen molar-refractivity contribution in [3.05, 3.63) is 78.0 Å². The van der Waals surface area contributed by atoms with Gasteiger partial charge in [-0.2, -0.15) is 0 Å². The lowest BCUT2D eigenvalue weighted by atomic mass is 10.0. The molecule has 0 N–H and O–H groups in total. The number of aryl methyl sites for hydroxylation is 1.